The first kappa shape index (κ1) is 19.4. The van der Waals surface area contributed by atoms with E-state index < -0.39 is 12.1 Å². The van der Waals surface area contributed by atoms with Crippen molar-refractivity contribution in [3.63, 3.8) is 0 Å². The third-order valence-electron chi connectivity index (χ3n) is 4.59. The van der Waals surface area contributed by atoms with Crippen molar-refractivity contribution in [2.75, 3.05) is 19.0 Å². The van der Waals surface area contributed by atoms with Gasteiger partial charge in [0.25, 0.3) is 5.91 Å². The standard InChI is InChI=1S/C21H23N3O4/c1-28-17-9-5-8-16(14-17)22-19(25)11-10-18-20(26)24(21(27)23-18)13-12-15-6-3-2-4-7-15/h2-9,14,18H,10-13H2,1H3,(H,22,25)(H,23,27)/t18-/m0/s1. The third kappa shape index (κ3) is 4.88. The molecule has 0 unspecified atom stereocenters. The molecule has 1 atom stereocenters. The lowest BCUT2D eigenvalue weighted by atomic mass is 10.1. The van der Waals surface area contributed by atoms with Crippen LogP contribution in [0.1, 0.15) is 18.4 Å². The minimum Gasteiger partial charge on any atom is -0.497 e. The Bertz CT molecular complexity index is 854. The van der Waals surface area contributed by atoms with Gasteiger partial charge in [-0.2, -0.15) is 0 Å². The summed E-state index contributed by atoms with van der Waals surface area (Å²) in [6.07, 6.45) is 0.978. The first-order valence-electron chi connectivity index (χ1n) is 9.16. The van der Waals surface area contributed by atoms with Crippen LogP contribution < -0.4 is 15.4 Å². The summed E-state index contributed by atoms with van der Waals surface area (Å²) in [5.74, 6) is 0.137. The van der Waals surface area contributed by atoms with Gasteiger partial charge in [-0.15, -0.1) is 0 Å². The second-order valence-electron chi connectivity index (χ2n) is 6.55. The molecular weight excluding hydrogens is 358 g/mol. The Hall–Kier alpha value is -3.35. The summed E-state index contributed by atoms with van der Waals surface area (Å²) in [6, 6.07) is 15.6. The number of ether oxygens (including phenoxy) is 1. The molecule has 2 N–H and O–H groups in total. The minimum absolute atomic E-state index is 0.125. The van der Waals surface area contributed by atoms with E-state index in [9.17, 15) is 14.4 Å². The molecule has 1 heterocycles. The predicted octanol–water partition coefficient (Wildman–Crippen LogP) is 2.58. The average molecular weight is 381 g/mol. The van der Waals surface area contributed by atoms with E-state index in [0.717, 1.165) is 5.56 Å². The molecule has 0 radical (unpaired) electrons. The molecule has 1 aliphatic heterocycles. The molecule has 0 spiro atoms. The maximum absolute atomic E-state index is 12.5. The zero-order chi connectivity index (χ0) is 19.9. The fourth-order valence-corrected chi connectivity index (χ4v) is 3.07. The zero-order valence-electron chi connectivity index (χ0n) is 15.7. The van der Waals surface area contributed by atoms with Crippen molar-refractivity contribution in [1.82, 2.24) is 10.2 Å². The fourth-order valence-electron chi connectivity index (χ4n) is 3.07. The Balaban J connectivity index is 1.48. The van der Waals surface area contributed by atoms with E-state index in [1.165, 1.54) is 4.90 Å². The second-order valence-corrected chi connectivity index (χ2v) is 6.55. The Labute approximate surface area is 163 Å². The van der Waals surface area contributed by atoms with Gasteiger partial charge in [0.2, 0.25) is 5.91 Å². The number of urea groups is 1. The fraction of sp³-hybridized carbons (Fsp3) is 0.286. The van der Waals surface area contributed by atoms with Gasteiger partial charge in [-0.05, 0) is 30.5 Å². The van der Waals surface area contributed by atoms with Gasteiger partial charge in [0, 0.05) is 24.7 Å². The molecule has 7 nitrogen and oxygen atoms in total. The van der Waals surface area contributed by atoms with Gasteiger partial charge in [-0.1, -0.05) is 36.4 Å². The van der Waals surface area contributed by atoms with E-state index in [1.807, 2.05) is 30.3 Å². The van der Waals surface area contributed by atoms with Crippen molar-refractivity contribution in [2.24, 2.45) is 0 Å². The van der Waals surface area contributed by atoms with Gasteiger partial charge in [0.05, 0.1) is 7.11 Å². The first-order chi connectivity index (χ1) is 13.6. The van der Waals surface area contributed by atoms with Gasteiger partial charge in [-0.3, -0.25) is 14.5 Å². The lowest BCUT2D eigenvalue weighted by Gasteiger charge is -2.13. The Morgan fingerprint density at radius 1 is 1.14 bits per heavy atom. The van der Waals surface area contributed by atoms with Crippen LogP contribution in [0.15, 0.2) is 54.6 Å². The van der Waals surface area contributed by atoms with E-state index in [2.05, 4.69) is 10.6 Å². The molecule has 4 amide bonds. The van der Waals surface area contributed by atoms with Crippen molar-refractivity contribution < 1.29 is 19.1 Å². The Kier molecular flexibility index (Phi) is 6.26. The summed E-state index contributed by atoms with van der Waals surface area (Å²) in [5, 5.41) is 5.43. The maximum Gasteiger partial charge on any atom is 0.324 e. The summed E-state index contributed by atoms with van der Waals surface area (Å²) in [7, 11) is 1.55. The smallest absolute Gasteiger partial charge is 0.324 e. The van der Waals surface area contributed by atoms with E-state index in [-0.39, 0.29) is 24.7 Å². The van der Waals surface area contributed by atoms with Crippen molar-refractivity contribution in [1.29, 1.82) is 0 Å². The van der Waals surface area contributed by atoms with E-state index in [1.54, 1.807) is 31.4 Å². The first-order valence-corrected chi connectivity index (χ1v) is 9.16. The maximum atomic E-state index is 12.5. The number of methoxy groups -OCH3 is 1. The molecule has 2 aromatic carbocycles. The van der Waals surface area contributed by atoms with Crippen LogP contribution in [0, 0.1) is 0 Å². The highest BCUT2D eigenvalue weighted by Gasteiger charge is 2.37. The molecule has 1 aliphatic rings. The van der Waals surface area contributed by atoms with Crippen molar-refractivity contribution in [3.8, 4) is 5.75 Å². The Morgan fingerprint density at radius 3 is 2.68 bits per heavy atom. The molecule has 1 fully saturated rings. The van der Waals surface area contributed by atoms with E-state index in [0.29, 0.717) is 24.4 Å². The van der Waals surface area contributed by atoms with Crippen LogP contribution >= 0.6 is 0 Å². The van der Waals surface area contributed by atoms with Crippen LogP contribution in [-0.2, 0) is 16.0 Å². The van der Waals surface area contributed by atoms with Crippen LogP contribution in [0.2, 0.25) is 0 Å². The summed E-state index contributed by atoms with van der Waals surface area (Å²) in [4.78, 5) is 38.0. The summed E-state index contributed by atoms with van der Waals surface area (Å²) >= 11 is 0. The Morgan fingerprint density at radius 2 is 1.93 bits per heavy atom. The molecular formula is C21H23N3O4. The SMILES string of the molecule is COc1cccc(NC(=O)CC[C@@H]2NC(=O)N(CCc3ccccc3)C2=O)c1. The van der Waals surface area contributed by atoms with Crippen molar-refractivity contribution in [2.45, 2.75) is 25.3 Å². The molecule has 3 rings (SSSR count). The number of carbonyl (C=O) groups excluding carboxylic acids is 3. The average Bonchev–Trinajstić information content (AvgIpc) is 2.98. The topological polar surface area (TPSA) is 87.7 Å². The quantitative estimate of drug-likeness (QED) is 0.688. The van der Waals surface area contributed by atoms with E-state index in [4.69, 9.17) is 4.74 Å². The normalized spacial score (nSPS) is 16.0. The van der Waals surface area contributed by atoms with Crippen molar-refractivity contribution in [3.05, 3.63) is 60.2 Å². The molecule has 0 aliphatic carbocycles. The summed E-state index contributed by atoms with van der Waals surface area (Å²) in [5.41, 5.74) is 1.68. The number of anilines is 1. The molecule has 0 saturated carbocycles. The minimum atomic E-state index is -0.667. The van der Waals surface area contributed by atoms with Crippen LogP contribution in [0.3, 0.4) is 0 Å². The van der Waals surface area contributed by atoms with Gasteiger partial charge in [-0.25, -0.2) is 4.79 Å². The third-order valence-corrected chi connectivity index (χ3v) is 4.59. The van der Waals surface area contributed by atoms with Gasteiger partial charge in [0.15, 0.2) is 0 Å². The van der Waals surface area contributed by atoms with Crippen LogP contribution in [-0.4, -0.2) is 42.4 Å². The number of imide groups is 1. The predicted molar refractivity (Wildman–Crippen MR) is 105 cm³/mol. The highest BCUT2D eigenvalue weighted by molar-refractivity contribution is 6.04. The monoisotopic (exact) mass is 381 g/mol. The van der Waals surface area contributed by atoms with Gasteiger partial charge >= 0.3 is 6.03 Å². The number of benzene rings is 2. The van der Waals surface area contributed by atoms with Crippen LogP contribution in [0.4, 0.5) is 10.5 Å². The van der Waals surface area contributed by atoms with Crippen LogP contribution in [0.5, 0.6) is 5.75 Å². The largest absolute Gasteiger partial charge is 0.497 e. The summed E-state index contributed by atoms with van der Waals surface area (Å²) < 4.78 is 5.12. The number of carbonyl (C=O) groups is 3. The highest BCUT2D eigenvalue weighted by atomic mass is 16.5. The second kappa shape index (κ2) is 9.03. The molecule has 28 heavy (non-hydrogen) atoms. The summed E-state index contributed by atoms with van der Waals surface area (Å²) in [6.45, 7) is 0.321. The number of rotatable bonds is 8. The number of nitrogens with zero attached hydrogens (tertiary/aromatic N) is 1. The molecule has 0 aromatic heterocycles. The zero-order valence-corrected chi connectivity index (χ0v) is 15.7. The van der Waals surface area contributed by atoms with E-state index >= 15 is 0 Å². The lowest BCUT2D eigenvalue weighted by Crippen LogP contribution is -2.33. The molecule has 2 aromatic rings. The molecule has 146 valence electrons. The van der Waals surface area contributed by atoms with Crippen LogP contribution in [0.25, 0.3) is 0 Å². The molecule has 7 heteroatoms. The molecule has 1 saturated heterocycles. The number of hydrogen-bond acceptors (Lipinski definition) is 4. The van der Waals surface area contributed by atoms with Gasteiger partial charge < -0.3 is 15.4 Å². The molecule has 0 bridgehead atoms. The lowest BCUT2D eigenvalue weighted by molar-refractivity contribution is -0.127. The number of nitrogens with one attached hydrogen (secondary N) is 2. The van der Waals surface area contributed by atoms with Crippen molar-refractivity contribution >= 4 is 23.5 Å². The number of hydrogen-bond donors (Lipinski definition) is 2. The highest BCUT2D eigenvalue weighted by Crippen LogP contribution is 2.18. The van der Waals surface area contributed by atoms with Gasteiger partial charge in [0.1, 0.15) is 11.8 Å². The number of amides is 4.